The minimum atomic E-state index is -0.839. The number of thioether (sulfide) groups is 1. The molecule has 2 rings (SSSR count). The number of aromatic nitrogens is 2. The second-order valence-corrected chi connectivity index (χ2v) is 6.31. The molecule has 0 aliphatic rings. The number of hydrogen-bond donors (Lipinski definition) is 2. The topological polar surface area (TPSA) is 92.2 Å². The summed E-state index contributed by atoms with van der Waals surface area (Å²) in [7, 11) is 0. The van der Waals surface area contributed by atoms with Crippen molar-refractivity contribution in [3.05, 3.63) is 47.3 Å². The van der Waals surface area contributed by atoms with Crippen molar-refractivity contribution >= 4 is 29.3 Å². The van der Waals surface area contributed by atoms with Gasteiger partial charge in [-0.3, -0.25) is 9.59 Å². The standard InChI is InChI=1S/C17H19N3O3S/c1-11-8-12(2)19-17(18-11)24-10-15(21)20-14-5-3-4-13(9-14)6-7-16(22)23/h3-5,8-9H,6-7,10H2,1-2H3,(H,20,21)(H,22,23). The van der Waals surface area contributed by atoms with E-state index >= 15 is 0 Å². The molecule has 0 saturated heterocycles. The number of anilines is 1. The van der Waals surface area contributed by atoms with Crippen LogP contribution in [-0.4, -0.2) is 32.7 Å². The average Bonchev–Trinajstić information content (AvgIpc) is 2.50. The number of rotatable bonds is 7. The van der Waals surface area contributed by atoms with Crippen molar-refractivity contribution in [1.29, 1.82) is 0 Å². The summed E-state index contributed by atoms with van der Waals surface area (Å²) >= 11 is 1.28. The summed E-state index contributed by atoms with van der Waals surface area (Å²) in [5.74, 6) is -0.783. The molecule has 0 unspecified atom stereocenters. The van der Waals surface area contributed by atoms with Crippen molar-refractivity contribution in [3.63, 3.8) is 0 Å². The monoisotopic (exact) mass is 345 g/mol. The Hall–Kier alpha value is -2.41. The molecule has 2 aromatic rings. The molecule has 0 fully saturated rings. The first-order chi connectivity index (χ1) is 11.4. The van der Waals surface area contributed by atoms with Crippen LogP contribution in [0.2, 0.25) is 0 Å². The van der Waals surface area contributed by atoms with Crippen molar-refractivity contribution in [1.82, 2.24) is 9.97 Å². The van der Waals surface area contributed by atoms with Crippen LogP contribution < -0.4 is 5.32 Å². The van der Waals surface area contributed by atoms with E-state index in [2.05, 4.69) is 15.3 Å². The number of nitrogens with zero attached hydrogens (tertiary/aromatic N) is 2. The molecule has 0 saturated carbocycles. The smallest absolute Gasteiger partial charge is 0.303 e. The molecule has 1 aromatic carbocycles. The van der Waals surface area contributed by atoms with Gasteiger partial charge in [-0.05, 0) is 44.0 Å². The number of aryl methyl sites for hydroxylation is 3. The number of aliphatic carboxylic acids is 1. The number of carbonyl (C=O) groups excluding carboxylic acids is 1. The van der Waals surface area contributed by atoms with Crippen LogP contribution in [0.4, 0.5) is 5.69 Å². The largest absolute Gasteiger partial charge is 0.481 e. The Balaban J connectivity index is 1.90. The molecular weight excluding hydrogens is 326 g/mol. The molecule has 7 heteroatoms. The van der Waals surface area contributed by atoms with Gasteiger partial charge in [0.25, 0.3) is 0 Å². The molecule has 0 radical (unpaired) electrons. The van der Waals surface area contributed by atoms with Crippen molar-refractivity contribution in [3.8, 4) is 0 Å². The van der Waals surface area contributed by atoms with Crippen molar-refractivity contribution in [2.45, 2.75) is 31.8 Å². The highest BCUT2D eigenvalue weighted by Crippen LogP contribution is 2.16. The van der Waals surface area contributed by atoms with Gasteiger partial charge in [0, 0.05) is 23.5 Å². The first kappa shape index (κ1) is 17.9. The van der Waals surface area contributed by atoms with E-state index in [-0.39, 0.29) is 18.1 Å². The van der Waals surface area contributed by atoms with Crippen molar-refractivity contribution in [2.24, 2.45) is 0 Å². The summed E-state index contributed by atoms with van der Waals surface area (Å²) in [6.07, 6.45) is 0.501. The lowest BCUT2D eigenvalue weighted by atomic mass is 10.1. The zero-order valence-corrected chi connectivity index (χ0v) is 14.4. The lowest BCUT2D eigenvalue weighted by Gasteiger charge is -2.07. The van der Waals surface area contributed by atoms with E-state index in [4.69, 9.17) is 5.11 Å². The third kappa shape index (κ3) is 6.00. The highest BCUT2D eigenvalue weighted by molar-refractivity contribution is 7.99. The zero-order valence-electron chi connectivity index (χ0n) is 13.6. The Morgan fingerprint density at radius 1 is 1.17 bits per heavy atom. The van der Waals surface area contributed by atoms with Gasteiger partial charge in [0.2, 0.25) is 5.91 Å². The van der Waals surface area contributed by atoms with Gasteiger partial charge in [-0.2, -0.15) is 0 Å². The van der Waals surface area contributed by atoms with Crippen LogP contribution in [0, 0.1) is 13.8 Å². The molecule has 1 aromatic heterocycles. The van der Waals surface area contributed by atoms with Crippen LogP contribution in [0.25, 0.3) is 0 Å². The van der Waals surface area contributed by atoms with Gasteiger partial charge in [0.1, 0.15) is 0 Å². The van der Waals surface area contributed by atoms with E-state index < -0.39 is 5.97 Å². The molecule has 0 aliphatic carbocycles. The number of nitrogens with one attached hydrogen (secondary N) is 1. The maximum absolute atomic E-state index is 12.1. The van der Waals surface area contributed by atoms with Crippen LogP contribution >= 0.6 is 11.8 Å². The fourth-order valence-corrected chi connectivity index (χ4v) is 2.89. The van der Waals surface area contributed by atoms with Gasteiger partial charge in [-0.25, -0.2) is 9.97 Å². The van der Waals surface area contributed by atoms with Crippen LogP contribution in [-0.2, 0) is 16.0 Å². The second-order valence-electron chi connectivity index (χ2n) is 5.36. The Bertz CT molecular complexity index is 729. The Kier molecular flexibility index (Phi) is 6.31. The predicted molar refractivity (Wildman–Crippen MR) is 93.3 cm³/mol. The molecule has 0 bridgehead atoms. The lowest BCUT2D eigenvalue weighted by Crippen LogP contribution is -2.14. The summed E-state index contributed by atoms with van der Waals surface area (Å²) in [6, 6.07) is 9.09. The summed E-state index contributed by atoms with van der Waals surface area (Å²) in [6.45, 7) is 3.78. The number of carbonyl (C=O) groups is 2. The number of benzene rings is 1. The van der Waals surface area contributed by atoms with E-state index in [0.717, 1.165) is 17.0 Å². The minimum absolute atomic E-state index is 0.0668. The first-order valence-corrected chi connectivity index (χ1v) is 8.46. The quantitative estimate of drug-likeness (QED) is 0.592. The fraction of sp³-hybridized carbons (Fsp3) is 0.294. The SMILES string of the molecule is Cc1cc(C)nc(SCC(=O)Nc2cccc(CCC(=O)O)c2)n1. The van der Waals surface area contributed by atoms with Gasteiger partial charge in [0.05, 0.1) is 5.75 Å². The Morgan fingerprint density at radius 2 is 1.88 bits per heavy atom. The molecular formula is C17H19N3O3S. The predicted octanol–water partition coefficient (Wildman–Crippen LogP) is 2.84. The molecule has 1 amide bonds. The summed E-state index contributed by atoms with van der Waals surface area (Å²) in [4.78, 5) is 31.2. The maximum Gasteiger partial charge on any atom is 0.303 e. The van der Waals surface area contributed by atoms with Crippen LogP contribution in [0.5, 0.6) is 0 Å². The van der Waals surface area contributed by atoms with Gasteiger partial charge in [0.15, 0.2) is 5.16 Å². The van der Waals surface area contributed by atoms with Crippen LogP contribution in [0.1, 0.15) is 23.4 Å². The van der Waals surface area contributed by atoms with E-state index in [9.17, 15) is 9.59 Å². The van der Waals surface area contributed by atoms with E-state index in [1.165, 1.54) is 11.8 Å². The van der Waals surface area contributed by atoms with E-state index in [0.29, 0.717) is 17.3 Å². The molecule has 0 atom stereocenters. The fourth-order valence-electron chi connectivity index (χ4n) is 2.14. The second kappa shape index (κ2) is 8.44. The lowest BCUT2D eigenvalue weighted by molar-refractivity contribution is -0.137. The van der Waals surface area contributed by atoms with Crippen LogP contribution in [0.15, 0.2) is 35.5 Å². The van der Waals surface area contributed by atoms with E-state index in [1.807, 2.05) is 26.0 Å². The molecule has 24 heavy (non-hydrogen) atoms. The van der Waals surface area contributed by atoms with Gasteiger partial charge in [-0.1, -0.05) is 23.9 Å². The van der Waals surface area contributed by atoms with Crippen molar-refractivity contribution in [2.75, 3.05) is 11.1 Å². The molecule has 2 N–H and O–H groups in total. The Labute approximate surface area is 144 Å². The van der Waals surface area contributed by atoms with Crippen LogP contribution in [0.3, 0.4) is 0 Å². The average molecular weight is 345 g/mol. The summed E-state index contributed by atoms with van der Waals surface area (Å²) < 4.78 is 0. The Morgan fingerprint density at radius 3 is 2.54 bits per heavy atom. The van der Waals surface area contributed by atoms with Gasteiger partial charge >= 0.3 is 5.97 Å². The normalized spacial score (nSPS) is 10.4. The molecule has 126 valence electrons. The number of carboxylic acids is 1. The highest BCUT2D eigenvalue weighted by Gasteiger charge is 2.07. The maximum atomic E-state index is 12.1. The molecule has 6 nitrogen and oxygen atoms in total. The number of amides is 1. The van der Waals surface area contributed by atoms with Gasteiger partial charge in [-0.15, -0.1) is 0 Å². The number of hydrogen-bond acceptors (Lipinski definition) is 5. The zero-order chi connectivity index (χ0) is 17.5. The van der Waals surface area contributed by atoms with Crippen molar-refractivity contribution < 1.29 is 14.7 Å². The third-order valence-electron chi connectivity index (χ3n) is 3.13. The first-order valence-electron chi connectivity index (χ1n) is 7.48. The summed E-state index contributed by atoms with van der Waals surface area (Å²) in [5.41, 5.74) is 3.28. The number of carboxylic acid groups (broad SMARTS) is 1. The minimum Gasteiger partial charge on any atom is -0.481 e. The molecule has 0 aliphatic heterocycles. The molecule has 0 spiro atoms. The molecule has 1 heterocycles. The third-order valence-corrected chi connectivity index (χ3v) is 3.98. The van der Waals surface area contributed by atoms with Gasteiger partial charge < -0.3 is 10.4 Å². The summed E-state index contributed by atoms with van der Waals surface area (Å²) in [5, 5.41) is 12.1. The van der Waals surface area contributed by atoms with E-state index in [1.54, 1.807) is 18.2 Å². The highest BCUT2D eigenvalue weighted by atomic mass is 32.2.